The first kappa shape index (κ1) is 14.7. The van der Waals surface area contributed by atoms with Crippen molar-refractivity contribution in [1.29, 1.82) is 0 Å². The largest absolute Gasteiger partial charge is 0.508 e. The van der Waals surface area contributed by atoms with E-state index in [0.717, 1.165) is 12.8 Å². The van der Waals surface area contributed by atoms with Crippen LogP contribution in [0.3, 0.4) is 0 Å². The van der Waals surface area contributed by atoms with Gasteiger partial charge in [-0.2, -0.15) is 0 Å². The normalized spacial score (nSPS) is 10.1. The van der Waals surface area contributed by atoms with Crippen molar-refractivity contribution in [2.24, 2.45) is 0 Å². The third kappa shape index (κ3) is 5.06. The van der Waals surface area contributed by atoms with E-state index in [2.05, 4.69) is 22.8 Å². The number of amides is 2. The predicted octanol–water partition coefficient (Wildman–Crippen LogP) is 2.85. The summed E-state index contributed by atoms with van der Waals surface area (Å²) in [6, 6.07) is 13.6. The topological polar surface area (TPSA) is 81.6 Å². The van der Waals surface area contributed by atoms with Crippen molar-refractivity contribution in [3.63, 3.8) is 0 Å². The van der Waals surface area contributed by atoms with Crippen molar-refractivity contribution >= 4 is 11.7 Å². The molecule has 0 fully saturated rings. The third-order valence-corrected chi connectivity index (χ3v) is 2.93. The highest BCUT2D eigenvalue weighted by Crippen LogP contribution is 2.23. The summed E-state index contributed by atoms with van der Waals surface area (Å²) in [7, 11) is 0. The molecule has 2 rings (SSSR count). The van der Waals surface area contributed by atoms with Crippen LogP contribution < -0.4 is 10.6 Å². The lowest BCUT2D eigenvalue weighted by atomic mass is 10.1. The van der Waals surface area contributed by atoms with Crippen molar-refractivity contribution in [3.8, 4) is 11.5 Å². The van der Waals surface area contributed by atoms with E-state index in [1.807, 2.05) is 18.2 Å². The lowest BCUT2D eigenvalue weighted by Gasteiger charge is -2.08. The molecular weight excluding hydrogens is 268 g/mol. The first-order chi connectivity index (χ1) is 10.1. The number of urea groups is 1. The predicted molar refractivity (Wildman–Crippen MR) is 81.6 cm³/mol. The maximum absolute atomic E-state index is 11.7. The van der Waals surface area contributed by atoms with Gasteiger partial charge in [-0.05, 0) is 18.4 Å². The van der Waals surface area contributed by atoms with Crippen LogP contribution in [0.15, 0.2) is 48.5 Å². The zero-order valence-electron chi connectivity index (χ0n) is 11.5. The molecule has 0 atom stereocenters. The molecule has 0 aliphatic carbocycles. The number of carbonyl (C=O) groups excluding carboxylic acids is 1. The smallest absolute Gasteiger partial charge is 0.319 e. The molecule has 0 heterocycles. The molecule has 0 aromatic heterocycles. The number of nitrogens with one attached hydrogen (secondary N) is 2. The van der Waals surface area contributed by atoms with Crippen molar-refractivity contribution in [2.45, 2.75) is 12.8 Å². The lowest BCUT2D eigenvalue weighted by molar-refractivity contribution is 0.252. The second kappa shape index (κ2) is 7.19. The van der Waals surface area contributed by atoms with E-state index in [0.29, 0.717) is 12.2 Å². The lowest BCUT2D eigenvalue weighted by Crippen LogP contribution is -2.29. The Morgan fingerprint density at radius 2 is 1.67 bits per heavy atom. The van der Waals surface area contributed by atoms with E-state index >= 15 is 0 Å². The van der Waals surface area contributed by atoms with Crippen LogP contribution in [0.5, 0.6) is 11.5 Å². The number of hydrogen-bond donors (Lipinski definition) is 4. The highest BCUT2D eigenvalue weighted by Gasteiger charge is 2.04. The Bertz CT molecular complexity index is 579. The van der Waals surface area contributed by atoms with Gasteiger partial charge in [0.15, 0.2) is 0 Å². The molecule has 0 aliphatic heterocycles. The Morgan fingerprint density at radius 1 is 1.00 bits per heavy atom. The summed E-state index contributed by atoms with van der Waals surface area (Å²) in [6.07, 6.45) is 1.73. The summed E-state index contributed by atoms with van der Waals surface area (Å²) in [5.41, 5.74) is 1.57. The highest BCUT2D eigenvalue weighted by molar-refractivity contribution is 5.89. The number of phenols is 2. The molecule has 0 saturated carbocycles. The fraction of sp³-hybridized carbons (Fsp3) is 0.188. The minimum atomic E-state index is -0.368. The van der Waals surface area contributed by atoms with E-state index in [4.69, 9.17) is 0 Å². The number of anilines is 1. The summed E-state index contributed by atoms with van der Waals surface area (Å²) in [5, 5.41) is 23.9. The van der Waals surface area contributed by atoms with E-state index in [9.17, 15) is 15.0 Å². The first-order valence-corrected chi connectivity index (χ1v) is 6.75. The van der Waals surface area contributed by atoms with Crippen molar-refractivity contribution in [2.75, 3.05) is 11.9 Å². The van der Waals surface area contributed by atoms with Crippen LogP contribution in [0.1, 0.15) is 12.0 Å². The SMILES string of the molecule is O=C(NCCCc1ccccc1)Nc1cc(O)cc(O)c1. The van der Waals surface area contributed by atoms with Crippen LogP contribution in [0.2, 0.25) is 0 Å². The number of aryl methyl sites for hydroxylation is 1. The number of rotatable bonds is 5. The number of carbonyl (C=O) groups is 1. The first-order valence-electron chi connectivity index (χ1n) is 6.75. The molecule has 5 nitrogen and oxygen atoms in total. The molecule has 5 heteroatoms. The number of aromatic hydroxyl groups is 2. The monoisotopic (exact) mass is 286 g/mol. The number of hydrogen-bond acceptors (Lipinski definition) is 3. The summed E-state index contributed by atoms with van der Waals surface area (Å²) < 4.78 is 0. The molecule has 0 spiro atoms. The van der Waals surface area contributed by atoms with Crippen LogP contribution in [-0.2, 0) is 6.42 Å². The van der Waals surface area contributed by atoms with Gasteiger partial charge in [0.2, 0.25) is 0 Å². The van der Waals surface area contributed by atoms with E-state index < -0.39 is 0 Å². The summed E-state index contributed by atoms with van der Waals surface area (Å²) >= 11 is 0. The highest BCUT2D eigenvalue weighted by atomic mass is 16.3. The quantitative estimate of drug-likeness (QED) is 0.638. The molecule has 2 aromatic carbocycles. The second-order valence-electron chi connectivity index (χ2n) is 4.71. The fourth-order valence-corrected chi connectivity index (χ4v) is 1.98. The Balaban J connectivity index is 1.72. The van der Waals surface area contributed by atoms with Crippen LogP contribution >= 0.6 is 0 Å². The number of benzene rings is 2. The summed E-state index contributed by atoms with van der Waals surface area (Å²) in [4.78, 5) is 11.7. The van der Waals surface area contributed by atoms with Crippen LogP contribution in [-0.4, -0.2) is 22.8 Å². The Morgan fingerprint density at radius 3 is 2.33 bits per heavy atom. The van der Waals surface area contributed by atoms with Gasteiger partial charge in [-0.3, -0.25) is 0 Å². The van der Waals surface area contributed by atoms with E-state index in [1.165, 1.54) is 23.8 Å². The van der Waals surface area contributed by atoms with E-state index in [1.54, 1.807) is 0 Å². The average molecular weight is 286 g/mol. The fourth-order valence-electron chi connectivity index (χ4n) is 1.98. The minimum Gasteiger partial charge on any atom is -0.508 e. The van der Waals surface area contributed by atoms with Crippen molar-refractivity contribution in [1.82, 2.24) is 5.32 Å². The average Bonchev–Trinajstić information content (AvgIpc) is 2.43. The molecule has 2 amide bonds. The zero-order chi connectivity index (χ0) is 15.1. The maximum atomic E-state index is 11.7. The van der Waals surface area contributed by atoms with Gasteiger partial charge in [-0.1, -0.05) is 30.3 Å². The molecule has 0 radical (unpaired) electrons. The van der Waals surface area contributed by atoms with E-state index in [-0.39, 0.29) is 17.5 Å². The standard InChI is InChI=1S/C16H18N2O3/c19-14-9-13(10-15(20)11-14)18-16(21)17-8-4-7-12-5-2-1-3-6-12/h1-3,5-6,9-11,19-20H,4,7-8H2,(H2,17,18,21). The molecular formula is C16H18N2O3. The van der Waals surface area contributed by atoms with Gasteiger partial charge in [0.1, 0.15) is 11.5 Å². The molecule has 21 heavy (non-hydrogen) atoms. The molecule has 2 aromatic rings. The maximum Gasteiger partial charge on any atom is 0.319 e. The van der Waals surface area contributed by atoms with Gasteiger partial charge in [-0.25, -0.2) is 4.79 Å². The van der Waals surface area contributed by atoms with Crippen LogP contribution in [0.4, 0.5) is 10.5 Å². The zero-order valence-corrected chi connectivity index (χ0v) is 11.5. The minimum absolute atomic E-state index is 0.102. The molecule has 0 bridgehead atoms. The molecule has 4 N–H and O–H groups in total. The van der Waals surface area contributed by atoms with Crippen molar-refractivity contribution < 1.29 is 15.0 Å². The summed E-state index contributed by atoms with van der Waals surface area (Å²) in [5.74, 6) is -0.205. The molecule has 0 unspecified atom stereocenters. The number of phenolic OH excluding ortho intramolecular Hbond substituents is 2. The molecule has 110 valence electrons. The Kier molecular flexibility index (Phi) is 5.04. The van der Waals surface area contributed by atoms with Crippen molar-refractivity contribution in [3.05, 3.63) is 54.1 Å². The van der Waals surface area contributed by atoms with Gasteiger partial charge >= 0.3 is 6.03 Å². The van der Waals surface area contributed by atoms with Crippen LogP contribution in [0.25, 0.3) is 0 Å². The second-order valence-corrected chi connectivity index (χ2v) is 4.71. The third-order valence-electron chi connectivity index (χ3n) is 2.93. The van der Waals surface area contributed by atoms with Gasteiger partial charge in [0.05, 0.1) is 0 Å². The van der Waals surface area contributed by atoms with Gasteiger partial charge in [0, 0.05) is 30.4 Å². The summed E-state index contributed by atoms with van der Waals surface area (Å²) in [6.45, 7) is 0.547. The van der Waals surface area contributed by atoms with Gasteiger partial charge in [0.25, 0.3) is 0 Å². The Hall–Kier alpha value is -2.69. The molecule has 0 saturated heterocycles. The molecule has 0 aliphatic rings. The van der Waals surface area contributed by atoms with Crippen LogP contribution in [0, 0.1) is 0 Å². The van der Waals surface area contributed by atoms with Gasteiger partial charge in [-0.15, -0.1) is 0 Å². The van der Waals surface area contributed by atoms with Gasteiger partial charge < -0.3 is 20.8 Å². The Labute approximate surface area is 123 Å².